The normalized spacial score (nSPS) is 10.4. The fourth-order valence-electron chi connectivity index (χ4n) is 1.35. The molecule has 2 N–H and O–H groups in total. The van der Waals surface area contributed by atoms with Crippen LogP contribution in [0.1, 0.15) is 5.56 Å². The highest BCUT2D eigenvalue weighted by Crippen LogP contribution is 2.15. The maximum absolute atomic E-state index is 12.8. The molecule has 2 aromatic rings. The lowest BCUT2D eigenvalue weighted by Crippen LogP contribution is -1.99. The molecule has 0 aliphatic heterocycles. The molecule has 0 fully saturated rings. The van der Waals surface area contributed by atoms with Crippen LogP contribution < -0.4 is 5.73 Å². The van der Waals surface area contributed by atoms with Crippen LogP contribution in [-0.2, 0) is 0 Å². The van der Waals surface area contributed by atoms with Gasteiger partial charge in [-0.2, -0.15) is 5.10 Å². The topological polar surface area (TPSA) is 43.8 Å². The molecule has 0 radical (unpaired) electrons. The van der Waals surface area contributed by atoms with Crippen molar-refractivity contribution < 1.29 is 4.39 Å². The van der Waals surface area contributed by atoms with E-state index in [1.165, 1.54) is 12.1 Å². The van der Waals surface area contributed by atoms with Crippen molar-refractivity contribution in [2.45, 2.75) is 6.92 Å². The highest BCUT2D eigenvalue weighted by Gasteiger charge is 2.03. The Hall–Kier alpha value is -1.84. The Kier molecular flexibility index (Phi) is 1.96. The van der Waals surface area contributed by atoms with Gasteiger partial charge in [0.25, 0.3) is 0 Å². The second-order valence-corrected chi connectivity index (χ2v) is 3.12. The molecular formula is C10H10FN3. The third-order valence-electron chi connectivity index (χ3n) is 2.02. The molecule has 4 heteroatoms. The zero-order valence-electron chi connectivity index (χ0n) is 7.74. The molecule has 0 bridgehead atoms. The van der Waals surface area contributed by atoms with Gasteiger partial charge in [0.1, 0.15) is 11.6 Å². The van der Waals surface area contributed by atoms with E-state index in [0.717, 1.165) is 11.3 Å². The van der Waals surface area contributed by atoms with E-state index < -0.39 is 0 Å². The number of aromatic nitrogens is 2. The maximum Gasteiger partial charge on any atom is 0.145 e. The van der Waals surface area contributed by atoms with Gasteiger partial charge < -0.3 is 5.73 Å². The molecule has 1 aromatic carbocycles. The predicted molar refractivity (Wildman–Crippen MR) is 52.7 cm³/mol. The molecule has 1 aromatic heterocycles. The Bertz CT molecular complexity index is 462. The molecule has 0 aliphatic rings. The largest absolute Gasteiger partial charge is 0.382 e. The molecule has 14 heavy (non-hydrogen) atoms. The van der Waals surface area contributed by atoms with Gasteiger partial charge in [-0.25, -0.2) is 9.07 Å². The van der Waals surface area contributed by atoms with E-state index in [-0.39, 0.29) is 5.82 Å². The molecule has 0 unspecified atom stereocenters. The summed E-state index contributed by atoms with van der Waals surface area (Å²) in [6.07, 6.45) is 1.75. The van der Waals surface area contributed by atoms with Crippen molar-refractivity contribution in [2.24, 2.45) is 0 Å². The average Bonchev–Trinajstić information content (AvgIpc) is 2.51. The second kappa shape index (κ2) is 3.14. The molecule has 3 nitrogen and oxygen atoms in total. The zero-order chi connectivity index (χ0) is 10.1. The highest BCUT2D eigenvalue weighted by atomic mass is 19.1. The number of rotatable bonds is 1. The number of halogens is 1. The zero-order valence-corrected chi connectivity index (χ0v) is 7.74. The molecule has 0 spiro atoms. The minimum Gasteiger partial charge on any atom is -0.382 e. The Morgan fingerprint density at radius 1 is 1.36 bits per heavy atom. The lowest BCUT2D eigenvalue weighted by Gasteiger charge is -2.04. The van der Waals surface area contributed by atoms with Crippen LogP contribution in [0.3, 0.4) is 0 Å². The van der Waals surface area contributed by atoms with Crippen molar-refractivity contribution >= 4 is 5.82 Å². The fourth-order valence-corrected chi connectivity index (χ4v) is 1.35. The molecule has 0 aliphatic carbocycles. The Morgan fingerprint density at radius 2 is 2.14 bits per heavy atom. The van der Waals surface area contributed by atoms with E-state index in [2.05, 4.69) is 5.10 Å². The highest BCUT2D eigenvalue weighted by molar-refractivity contribution is 5.41. The van der Waals surface area contributed by atoms with Gasteiger partial charge in [-0.3, -0.25) is 0 Å². The number of nitrogens with zero attached hydrogens (tertiary/aromatic N) is 2. The van der Waals surface area contributed by atoms with Crippen molar-refractivity contribution in [3.05, 3.63) is 41.8 Å². The number of aryl methyl sites for hydroxylation is 1. The van der Waals surface area contributed by atoms with Gasteiger partial charge in [0, 0.05) is 12.3 Å². The molecule has 0 saturated carbocycles. The van der Waals surface area contributed by atoms with E-state index in [0.29, 0.717) is 5.82 Å². The number of hydrogen-bond acceptors (Lipinski definition) is 2. The minimum absolute atomic E-state index is 0.244. The monoisotopic (exact) mass is 191 g/mol. The molecular weight excluding hydrogens is 181 g/mol. The van der Waals surface area contributed by atoms with Crippen molar-refractivity contribution in [3.8, 4) is 5.69 Å². The van der Waals surface area contributed by atoms with Crippen LogP contribution in [0.4, 0.5) is 10.2 Å². The van der Waals surface area contributed by atoms with Crippen LogP contribution in [0.15, 0.2) is 30.5 Å². The van der Waals surface area contributed by atoms with E-state index in [1.54, 1.807) is 23.0 Å². The van der Waals surface area contributed by atoms with E-state index in [9.17, 15) is 4.39 Å². The standard InChI is InChI=1S/C10H10FN3/c1-7-6-8(11)2-3-9(7)14-5-4-10(12)13-14/h2-6H,1H3,(H2,12,13). The Morgan fingerprint density at radius 3 is 2.71 bits per heavy atom. The summed E-state index contributed by atoms with van der Waals surface area (Å²) in [4.78, 5) is 0. The van der Waals surface area contributed by atoms with Gasteiger partial charge >= 0.3 is 0 Å². The van der Waals surface area contributed by atoms with E-state index >= 15 is 0 Å². The second-order valence-electron chi connectivity index (χ2n) is 3.12. The maximum atomic E-state index is 12.8. The molecule has 0 amide bonds. The summed E-state index contributed by atoms with van der Waals surface area (Å²) in [6, 6.07) is 6.24. The Labute approximate surface area is 81.0 Å². The van der Waals surface area contributed by atoms with E-state index in [4.69, 9.17) is 5.73 Å². The first-order valence-corrected chi connectivity index (χ1v) is 4.24. The third-order valence-corrected chi connectivity index (χ3v) is 2.02. The summed E-state index contributed by atoms with van der Waals surface area (Å²) in [5.74, 6) is 0.208. The van der Waals surface area contributed by atoms with Gasteiger partial charge in [-0.05, 0) is 30.7 Å². The summed E-state index contributed by atoms with van der Waals surface area (Å²) in [6.45, 7) is 1.83. The molecule has 72 valence electrons. The van der Waals surface area contributed by atoms with E-state index in [1.807, 2.05) is 6.92 Å². The first-order chi connectivity index (χ1) is 6.66. The smallest absolute Gasteiger partial charge is 0.145 e. The van der Waals surface area contributed by atoms with Crippen molar-refractivity contribution in [3.63, 3.8) is 0 Å². The van der Waals surface area contributed by atoms with Gasteiger partial charge in [0.05, 0.1) is 5.69 Å². The third kappa shape index (κ3) is 1.46. The molecule has 0 saturated heterocycles. The summed E-state index contributed by atoms with van der Waals surface area (Å²) in [7, 11) is 0. The SMILES string of the molecule is Cc1cc(F)ccc1-n1ccc(N)n1. The van der Waals surface area contributed by atoms with Crippen LogP contribution in [0.25, 0.3) is 5.69 Å². The molecule has 1 heterocycles. The van der Waals surface area contributed by atoms with Gasteiger partial charge in [-0.1, -0.05) is 0 Å². The summed E-state index contributed by atoms with van der Waals surface area (Å²) in [5.41, 5.74) is 7.15. The molecule has 2 rings (SSSR count). The van der Waals surface area contributed by atoms with Crippen LogP contribution in [-0.4, -0.2) is 9.78 Å². The van der Waals surface area contributed by atoms with Crippen LogP contribution in [0.2, 0.25) is 0 Å². The van der Waals surface area contributed by atoms with Crippen molar-refractivity contribution in [1.29, 1.82) is 0 Å². The number of nitrogen functional groups attached to an aromatic ring is 1. The van der Waals surface area contributed by atoms with Crippen molar-refractivity contribution in [2.75, 3.05) is 5.73 Å². The average molecular weight is 191 g/mol. The minimum atomic E-state index is -0.244. The Balaban J connectivity index is 2.52. The van der Waals surface area contributed by atoms with Gasteiger partial charge in [-0.15, -0.1) is 0 Å². The number of benzene rings is 1. The van der Waals surface area contributed by atoms with Crippen LogP contribution in [0, 0.1) is 12.7 Å². The van der Waals surface area contributed by atoms with Crippen LogP contribution >= 0.6 is 0 Å². The van der Waals surface area contributed by atoms with Crippen molar-refractivity contribution in [1.82, 2.24) is 9.78 Å². The summed E-state index contributed by atoms with van der Waals surface area (Å²) in [5, 5.41) is 4.04. The lowest BCUT2D eigenvalue weighted by molar-refractivity contribution is 0.625. The molecule has 0 atom stereocenters. The fraction of sp³-hybridized carbons (Fsp3) is 0.100. The van der Waals surface area contributed by atoms with Gasteiger partial charge in [0.15, 0.2) is 0 Å². The van der Waals surface area contributed by atoms with Crippen LogP contribution in [0.5, 0.6) is 0 Å². The lowest BCUT2D eigenvalue weighted by atomic mass is 10.2. The summed E-state index contributed by atoms with van der Waals surface area (Å²) >= 11 is 0. The quantitative estimate of drug-likeness (QED) is 0.748. The summed E-state index contributed by atoms with van der Waals surface area (Å²) < 4.78 is 14.4. The first kappa shape index (κ1) is 8.74. The number of hydrogen-bond donors (Lipinski definition) is 1. The number of anilines is 1. The predicted octanol–water partition coefficient (Wildman–Crippen LogP) is 1.90. The number of nitrogens with two attached hydrogens (primary N) is 1. The van der Waals surface area contributed by atoms with Gasteiger partial charge in [0.2, 0.25) is 0 Å². The first-order valence-electron chi connectivity index (χ1n) is 4.24.